The molecule has 5 heteroatoms. The third-order valence-electron chi connectivity index (χ3n) is 5.16. The molecule has 3 rings (SSSR count). The van der Waals surface area contributed by atoms with Gasteiger partial charge >= 0.3 is 0 Å². The molecular weight excluding hydrogens is 304 g/mol. The van der Waals surface area contributed by atoms with Gasteiger partial charge in [-0.1, -0.05) is 30.3 Å². The van der Waals surface area contributed by atoms with Gasteiger partial charge in [0.2, 0.25) is 5.91 Å². The number of aliphatic hydroxyl groups excluding tert-OH is 1. The summed E-state index contributed by atoms with van der Waals surface area (Å²) >= 11 is 0. The van der Waals surface area contributed by atoms with Crippen LogP contribution in [0.2, 0.25) is 0 Å². The standard InChI is InChI=1S/C19H28N2O3/c1-14-11-16(7-8-20-14)19(23)21-9-10-24-13-17(21)12-18(22)15-5-3-2-4-6-15/h2-6,14,16-18,20,22H,7-13H2,1H3/t14-,16-,17?,18?/m0/s1. The van der Waals surface area contributed by atoms with E-state index in [1.54, 1.807) is 0 Å². The van der Waals surface area contributed by atoms with Crippen LogP contribution in [-0.2, 0) is 9.53 Å². The van der Waals surface area contributed by atoms with Crippen LogP contribution in [0.3, 0.4) is 0 Å². The highest BCUT2D eigenvalue weighted by molar-refractivity contribution is 5.79. The van der Waals surface area contributed by atoms with Gasteiger partial charge in [-0.3, -0.25) is 4.79 Å². The molecule has 0 spiro atoms. The van der Waals surface area contributed by atoms with Crippen molar-refractivity contribution in [1.29, 1.82) is 0 Å². The van der Waals surface area contributed by atoms with Crippen molar-refractivity contribution in [2.24, 2.45) is 5.92 Å². The van der Waals surface area contributed by atoms with Gasteiger partial charge < -0.3 is 20.1 Å². The van der Waals surface area contributed by atoms with E-state index in [9.17, 15) is 9.90 Å². The molecular formula is C19H28N2O3. The zero-order chi connectivity index (χ0) is 16.9. The molecule has 2 N–H and O–H groups in total. The lowest BCUT2D eigenvalue weighted by Gasteiger charge is -2.40. The second-order valence-corrected chi connectivity index (χ2v) is 7.00. The summed E-state index contributed by atoms with van der Waals surface area (Å²) < 4.78 is 5.59. The topological polar surface area (TPSA) is 61.8 Å². The molecule has 0 aromatic heterocycles. The summed E-state index contributed by atoms with van der Waals surface area (Å²) in [5.74, 6) is 0.327. The maximum Gasteiger partial charge on any atom is 0.226 e. The van der Waals surface area contributed by atoms with E-state index in [0.29, 0.717) is 32.2 Å². The van der Waals surface area contributed by atoms with Gasteiger partial charge in [0.1, 0.15) is 0 Å². The summed E-state index contributed by atoms with van der Waals surface area (Å²) in [4.78, 5) is 14.9. The molecule has 5 nitrogen and oxygen atoms in total. The highest BCUT2D eigenvalue weighted by Gasteiger charge is 2.34. The van der Waals surface area contributed by atoms with E-state index in [1.807, 2.05) is 35.2 Å². The molecule has 0 saturated carbocycles. The molecule has 1 aromatic rings. The van der Waals surface area contributed by atoms with Crippen molar-refractivity contribution >= 4 is 5.91 Å². The van der Waals surface area contributed by atoms with E-state index in [1.165, 1.54) is 0 Å². The Labute approximate surface area is 144 Å². The number of carbonyl (C=O) groups is 1. The molecule has 132 valence electrons. The number of amides is 1. The molecule has 0 bridgehead atoms. The molecule has 2 unspecified atom stereocenters. The number of hydrogen-bond acceptors (Lipinski definition) is 4. The maximum absolute atomic E-state index is 13.0. The molecule has 0 radical (unpaired) electrons. The largest absolute Gasteiger partial charge is 0.388 e. The molecule has 1 aromatic carbocycles. The van der Waals surface area contributed by atoms with E-state index in [2.05, 4.69) is 12.2 Å². The fraction of sp³-hybridized carbons (Fsp3) is 0.632. The first-order valence-corrected chi connectivity index (χ1v) is 8.99. The minimum Gasteiger partial charge on any atom is -0.388 e. The van der Waals surface area contributed by atoms with E-state index >= 15 is 0 Å². The molecule has 2 aliphatic rings. The Hall–Kier alpha value is -1.43. The van der Waals surface area contributed by atoms with Gasteiger partial charge in [0.15, 0.2) is 0 Å². The van der Waals surface area contributed by atoms with Gasteiger partial charge in [0.05, 0.1) is 25.4 Å². The SMILES string of the molecule is C[C@H]1C[C@@H](C(=O)N2CCOCC2CC(O)c2ccccc2)CCN1. The lowest BCUT2D eigenvalue weighted by atomic mass is 9.90. The molecule has 0 aliphatic carbocycles. The molecule has 4 atom stereocenters. The Balaban J connectivity index is 1.65. The zero-order valence-corrected chi connectivity index (χ0v) is 14.4. The summed E-state index contributed by atoms with van der Waals surface area (Å²) in [6.45, 7) is 4.76. The van der Waals surface area contributed by atoms with Crippen molar-refractivity contribution in [3.63, 3.8) is 0 Å². The van der Waals surface area contributed by atoms with Gasteiger partial charge in [0.25, 0.3) is 0 Å². The second-order valence-electron chi connectivity index (χ2n) is 7.00. The molecule has 2 heterocycles. The van der Waals surface area contributed by atoms with Crippen LogP contribution in [0.25, 0.3) is 0 Å². The molecule has 2 saturated heterocycles. The van der Waals surface area contributed by atoms with E-state index in [0.717, 1.165) is 24.9 Å². The molecule has 24 heavy (non-hydrogen) atoms. The molecule has 1 amide bonds. The average molecular weight is 332 g/mol. The van der Waals surface area contributed by atoms with Crippen LogP contribution in [0.15, 0.2) is 30.3 Å². The predicted octanol–water partition coefficient (Wildman–Crippen LogP) is 1.73. The van der Waals surface area contributed by atoms with E-state index < -0.39 is 6.10 Å². The Morgan fingerprint density at radius 2 is 2.21 bits per heavy atom. The normalized spacial score (nSPS) is 29.2. The van der Waals surface area contributed by atoms with E-state index in [4.69, 9.17) is 4.74 Å². The van der Waals surface area contributed by atoms with Crippen LogP contribution in [0, 0.1) is 5.92 Å². The lowest BCUT2D eigenvalue weighted by molar-refractivity contribution is -0.146. The highest BCUT2D eigenvalue weighted by atomic mass is 16.5. The Morgan fingerprint density at radius 3 is 2.96 bits per heavy atom. The second kappa shape index (κ2) is 8.10. The van der Waals surface area contributed by atoms with Crippen molar-refractivity contribution in [2.75, 3.05) is 26.3 Å². The summed E-state index contributed by atoms with van der Waals surface area (Å²) in [6.07, 6.45) is 1.75. The monoisotopic (exact) mass is 332 g/mol. The van der Waals surface area contributed by atoms with Crippen molar-refractivity contribution in [1.82, 2.24) is 10.2 Å². The van der Waals surface area contributed by atoms with Gasteiger partial charge in [0, 0.05) is 24.9 Å². The van der Waals surface area contributed by atoms with Crippen LogP contribution in [0.5, 0.6) is 0 Å². The summed E-state index contributed by atoms with van der Waals surface area (Å²) in [5.41, 5.74) is 0.894. The van der Waals surface area contributed by atoms with Crippen molar-refractivity contribution in [2.45, 2.75) is 44.4 Å². The molecule has 2 aliphatic heterocycles. The van der Waals surface area contributed by atoms with Crippen molar-refractivity contribution < 1.29 is 14.6 Å². The number of benzene rings is 1. The fourth-order valence-corrected chi connectivity index (χ4v) is 3.80. The van der Waals surface area contributed by atoms with Gasteiger partial charge in [-0.2, -0.15) is 0 Å². The smallest absolute Gasteiger partial charge is 0.226 e. The Kier molecular flexibility index (Phi) is 5.87. The number of carbonyl (C=O) groups excluding carboxylic acids is 1. The maximum atomic E-state index is 13.0. The van der Waals surface area contributed by atoms with Crippen molar-refractivity contribution in [3.05, 3.63) is 35.9 Å². The zero-order valence-electron chi connectivity index (χ0n) is 14.4. The molecule has 2 fully saturated rings. The quantitative estimate of drug-likeness (QED) is 0.881. The summed E-state index contributed by atoms with van der Waals surface area (Å²) in [7, 11) is 0. The van der Waals surface area contributed by atoms with Crippen LogP contribution in [-0.4, -0.2) is 54.3 Å². The fourth-order valence-electron chi connectivity index (χ4n) is 3.80. The number of aliphatic hydroxyl groups is 1. The van der Waals surface area contributed by atoms with E-state index in [-0.39, 0.29) is 17.9 Å². The number of nitrogens with zero attached hydrogens (tertiary/aromatic N) is 1. The number of ether oxygens (including phenoxy) is 1. The number of rotatable bonds is 4. The Morgan fingerprint density at radius 1 is 1.42 bits per heavy atom. The van der Waals surface area contributed by atoms with Crippen molar-refractivity contribution in [3.8, 4) is 0 Å². The first-order valence-electron chi connectivity index (χ1n) is 8.99. The minimum absolute atomic E-state index is 0.0494. The van der Waals surface area contributed by atoms with Gasteiger partial charge in [-0.25, -0.2) is 0 Å². The highest BCUT2D eigenvalue weighted by Crippen LogP contribution is 2.26. The number of morpholine rings is 1. The van der Waals surface area contributed by atoms with Crippen LogP contribution in [0.1, 0.15) is 37.9 Å². The van der Waals surface area contributed by atoms with Crippen LogP contribution >= 0.6 is 0 Å². The van der Waals surface area contributed by atoms with Crippen LogP contribution < -0.4 is 5.32 Å². The summed E-state index contributed by atoms with van der Waals surface area (Å²) in [6, 6.07) is 9.98. The first-order chi connectivity index (χ1) is 11.6. The third-order valence-corrected chi connectivity index (χ3v) is 5.16. The summed E-state index contributed by atoms with van der Waals surface area (Å²) in [5, 5.41) is 13.9. The lowest BCUT2D eigenvalue weighted by Crippen LogP contribution is -2.53. The predicted molar refractivity (Wildman–Crippen MR) is 92.5 cm³/mol. The van der Waals surface area contributed by atoms with Crippen LogP contribution in [0.4, 0.5) is 0 Å². The third kappa shape index (κ3) is 4.15. The number of hydrogen-bond donors (Lipinski definition) is 2. The first kappa shape index (κ1) is 17.4. The minimum atomic E-state index is -0.569. The van der Waals surface area contributed by atoms with Gasteiger partial charge in [-0.05, 0) is 31.9 Å². The van der Waals surface area contributed by atoms with Gasteiger partial charge in [-0.15, -0.1) is 0 Å². The number of piperidine rings is 1. The average Bonchev–Trinajstić information content (AvgIpc) is 2.62. The Bertz CT molecular complexity index is 537. The number of nitrogens with one attached hydrogen (secondary N) is 1.